The van der Waals surface area contributed by atoms with Crippen molar-refractivity contribution in [3.63, 3.8) is 0 Å². The first-order chi connectivity index (χ1) is 11.5. The normalized spacial score (nSPS) is 21.9. The second-order valence-electron chi connectivity index (χ2n) is 5.79. The van der Waals surface area contributed by atoms with Gasteiger partial charge in [-0.1, -0.05) is 18.2 Å². The van der Waals surface area contributed by atoms with Crippen LogP contribution in [0.3, 0.4) is 0 Å². The minimum Gasteiger partial charge on any atom is -0.488 e. The monoisotopic (exact) mass is 344 g/mol. The number of benzene rings is 1. The van der Waals surface area contributed by atoms with Crippen molar-refractivity contribution in [3.05, 3.63) is 47.1 Å². The molecule has 1 amide bonds. The zero-order valence-electron chi connectivity index (χ0n) is 12.9. The first-order valence-electron chi connectivity index (χ1n) is 7.52. The van der Waals surface area contributed by atoms with Crippen molar-refractivity contribution in [1.82, 2.24) is 5.32 Å². The van der Waals surface area contributed by atoms with Crippen LogP contribution in [-0.2, 0) is 14.6 Å². The lowest BCUT2D eigenvalue weighted by atomic mass is 10.0. The lowest BCUT2D eigenvalue weighted by molar-refractivity contribution is -0.117. The molecular weight excluding hydrogens is 328 g/mol. The summed E-state index contributed by atoms with van der Waals surface area (Å²) in [4.78, 5) is 12.2. The third-order valence-corrected chi connectivity index (χ3v) is 5.68. The molecule has 0 bridgehead atoms. The molecule has 3 rings (SSSR count). The first-order valence-corrected chi connectivity index (χ1v) is 9.34. The zero-order chi connectivity index (χ0) is 17.2. The molecule has 1 aromatic rings. The minimum atomic E-state index is -3.08. The third-order valence-electron chi connectivity index (χ3n) is 3.92. The molecule has 0 unspecified atom stereocenters. The molecule has 24 heavy (non-hydrogen) atoms. The van der Waals surface area contributed by atoms with Gasteiger partial charge in [-0.3, -0.25) is 4.79 Å². The fourth-order valence-electron chi connectivity index (χ4n) is 2.72. The average Bonchev–Trinajstić information content (AvgIpc) is 2.91. The van der Waals surface area contributed by atoms with Gasteiger partial charge in [0, 0.05) is 11.6 Å². The molecule has 0 radical (unpaired) electrons. The van der Waals surface area contributed by atoms with Gasteiger partial charge in [-0.05, 0) is 30.2 Å². The van der Waals surface area contributed by atoms with E-state index in [9.17, 15) is 18.5 Å². The number of nitrogens with one attached hydrogen (secondary N) is 1. The van der Waals surface area contributed by atoms with E-state index >= 15 is 0 Å². The summed E-state index contributed by atoms with van der Waals surface area (Å²) < 4.78 is 28.5. The van der Waals surface area contributed by atoms with Crippen LogP contribution >= 0.6 is 0 Å². The largest absolute Gasteiger partial charge is 0.488 e. The fraction of sp³-hybridized carbons (Fsp3) is 0.294. The van der Waals surface area contributed by atoms with Gasteiger partial charge in [0.15, 0.2) is 9.84 Å². The third kappa shape index (κ3) is 3.66. The Morgan fingerprint density at radius 2 is 2.17 bits per heavy atom. The van der Waals surface area contributed by atoms with E-state index in [-0.39, 0.29) is 23.7 Å². The number of rotatable bonds is 3. The topological polar surface area (TPSA) is 96.3 Å². The molecule has 0 aliphatic carbocycles. The number of fused-ring (bicyclic) bond motifs is 1. The number of nitriles is 1. The number of hydrogen-bond donors (Lipinski definition) is 1. The summed E-state index contributed by atoms with van der Waals surface area (Å²) in [5.74, 6) is 0.198. The summed E-state index contributed by atoms with van der Waals surface area (Å²) in [6, 6.07) is 8.93. The summed E-state index contributed by atoms with van der Waals surface area (Å²) in [6.07, 6.45) is 3.73. The molecule has 7 heteroatoms. The van der Waals surface area contributed by atoms with Gasteiger partial charge in [-0.2, -0.15) is 5.26 Å². The minimum absolute atomic E-state index is 0.0615. The predicted molar refractivity (Wildman–Crippen MR) is 88.8 cm³/mol. The first kappa shape index (κ1) is 16.3. The van der Waals surface area contributed by atoms with Gasteiger partial charge >= 0.3 is 0 Å². The average molecular weight is 344 g/mol. The number of amides is 1. The van der Waals surface area contributed by atoms with E-state index in [1.807, 2.05) is 36.4 Å². The van der Waals surface area contributed by atoms with Crippen LogP contribution in [0, 0.1) is 11.3 Å². The van der Waals surface area contributed by atoms with E-state index in [1.165, 1.54) is 6.08 Å². The Kier molecular flexibility index (Phi) is 4.40. The summed E-state index contributed by atoms with van der Waals surface area (Å²) in [5, 5.41) is 11.9. The molecule has 1 N–H and O–H groups in total. The van der Waals surface area contributed by atoms with E-state index in [0.717, 1.165) is 11.3 Å². The SMILES string of the molecule is N#C/C(=C/C1=Cc2ccccc2OC1)C(=O)N[C@H]1CCS(=O)(=O)C1. The number of hydrogen-bond acceptors (Lipinski definition) is 5. The Labute approximate surface area is 140 Å². The van der Waals surface area contributed by atoms with Crippen molar-refractivity contribution < 1.29 is 17.9 Å². The highest BCUT2D eigenvalue weighted by Gasteiger charge is 2.29. The van der Waals surface area contributed by atoms with E-state index in [1.54, 1.807) is 0 Å². The smallest absolute Gasteiger partial charge is 0.262 e. The molecule has 2 heterocycles. The van der Waals surface area contributed by atoms with E-state index in [0.29, 0.717) is 12.0 Å². The maximum absolute atomic E-state index is 12.2. The highest BCUT2D eigenvalue weighted by molar-refractivity contribution is 7.91. The number of nitrogens with zero attached hydrogens (tertiary/aromatic N) is 1. The maximum atomic E-state index is 12.2. The van der Waals surface area contributed by atoms with E-state index in [4.69, 9.17) is 4.74 Å². The van der Waals surface area contributed by atoms with Crippen LogP contribution in [0.2, 0.25) is 0 Å². The van der Waals surface area contributed by atoms with Crippen LogP contribution in [0.25, 0.3) is 6.08 Å². The van der Waals surface area contributed by atoms with Crippen LogP contribution in [0.15, 0.2) is 41.5 Å². The molecule has 2 aliphatic heterocycles. The second-order valence-corrected chi connectivity index (χ2v) is 8.02. The van der Waals surface area contributed by atoms with Crippen molar-refractivity contribution >= 4 is 21.8 Å². The Morgan fingerprint density at radius 1 is 1.38 bits per heavy atom. The number of ether oxygens (including phenoxy) is 1. The molecule has 1 aromatic carbocycles. The van der Waals surface area contributed by atoms with E-state index < -0.39 is 21.8 Å². The molecule has 2 aliphatic rings. The Morgan fingerprint density at radius 3 is 2.88 bits per heavy atom. The van der Waals surface area contributed by atoms with Crippen molar-refractivity contribution in [2.24, 2.45) is 0 Å². The Balaban J connectivity index is 1.75. The predicted octanol–water partition coefficient (Wildman–Crippen LogP) is 1.22. The van der Waals surface area contributed by atoms with Crippen LogP contribution in [-0.4, -0.2) is 38.5 Å². The maximum Gasteiger partial charge on any atom is 0.262 e. The number of carbonyl (C=O) groups is 1. The summed E-state index contributed by atoms with van der Waals surface area (Å²) >= 11 is 0. The molecule has 1 saturated heterocycles. The zero-order valence-corrected chi connectivity index (χ0v) is 13.7. The van der Waals surface area contributed by atoms with Crippen molar-refractivity contribution in [1.29, 1.82) is 5.26 Å². The van der Waals surface area contributed by atoms with Crippen molar-refractivity contribution in [3.8, 4) is 11.8 Å². The van der Waals surface area contributed by atoms with E-state index in [2.05, 4.69) is 5.32 Å². The molecule has 6 nitrogen and oxygen atoms in total. The van der Waals surface area contributed by atoms with Gasteiger partial charge in [-0.15, -0.1) is 0 Å². The van der Waals surface area contributed by atoms with Crippen molar-refractivity contribution in [2.75, 3.05) is 18.1 Å². The summed E-state index contributed by atoms with van der Waals surface area (Å²) in [7, 11) is -3.08. The molecule has 1 atom stereocenters. The second kappa shape index (κ2) is 6.49. The van der Waals surface area contributed by atoms with Crippen LogP contribution in [0.5, 0.6) is 5.75 Å². The van der Waals surface area contributed by atoms with Crippen molar-refractivity contribution in [2.45, 2.75) is 12.5 Å². The van der Waals surface area contributed by atoms with Gasteiger partial charge in [0.25, 0.3) is 5.91 Å². The van der Waals surface area contributed by atoms with Crippen LogP contribution < -0.4 is 10.1 Å². The molecule has 124 valence electrons. The Bertz CT molecular complexity index is 878. The lowest BCUT2D eigenvalue weighted by Gasteiger charge is -2.16. The van der Waals surface area contributed by atoms with Crippen LogP contribution in [0.1, 0.15) is 12.0 Å². The van der Waals surface area contributed by atoms with Gasteiger partial charge < -0.3 is 10.1 Å². The molecular formula is C17H16N2O4S. The molecule has 0 aromatic heterocycles. The standard InChI is InChI=1S/C17H16N2O4S/c18-9-14(17(20)19-15-5-6-24(21,22)11-15)8-12-7-13-3-1-2-4-16(13)23-10-12/h1-4,7-8,15H,5-6,10-11H2,(H,19,20)/b14-8-/t15-/m0/s1. The van der Waals surface area contributed by atoms with Gasteiger partial charge in [-0.25, -0.2) is 8.42 Å². The lowest BCUT2D eigenvalue weighted by Crippen LogP contribution is -2.36. The molecule has 0 spiro atoms. The quantitative estimate of drug-likeness (QED) is 0.657. The van der Waals surface area contributed by atoms with Gasteiger partial charge in [0.05, 0.1) is 11.5 Å². The summed E-state index contributed by atoms with van der Waals surface area (Å²) in [5.41, 5.74) is 1.53. The number of sulfone groups is 1. The number of carbonyl (C=O) groups excluding carboxylic acids is 1. The van der Waals surface area contributed by atoms with Gasteiger partial charge in [0.2, 0.25) is 0 Å². The molecule has 0 saturated carbocycles. The highest BCUT2D eigenvalue weighted by atomic mass is 32.2. The Hall–Kier alpha value is -2.59. The van der Waals surface area contributed by atoms with Gasteiger partial charge in [0.1, 0.15) is 24.0 Å². The number of para-hydroxylation sites is 1. The fourth-order valence-corrected chi connectivity index (χ4v) is 4.40. The molecule has 1 fully saturated rings. The van der Waals surface area contributed by atoms with Crippen LogP contribution in [0.4, 0.5) is 0 Å². The highest BCUT2D eigenvalue weighted by Crippen LogP contribution is 2.26. The summed E-state index contributed by atoms with van der Waals surface area (Å²) in [6.45, 7) is 0.271.